The Morgan fingerprint density at radius 2 is 1.80 bits per heavy atom. The number of aryl methyl sites for hydroxylation is 1. The van der Waals surface area contributed by atoms with Gasteiger partial charge in [0, 0.05) is 23.5 Å². The van der Waals surface area contributed by atoms with Crippen molar-refractivity contribution in [2.45, 2.75) is 32.7 Å². The van der Waals surface area contributed by atoms with Crippen LogP contribution in [-0.4, -0.2) is 34.0 Å². The second-order valence-corrected chi connectivity index (χ2v) is 5.59. The van der Waals surface area contributed by atoms with E-state index in [0.29, 0.717) is 17.1 Å². The number of carboxylic acid groups (broad SMARTS) is 1. The first-order valence-corrected chi connectivity index (χ1v) is 7.47. The van der Waals surface area contributed by atoms with Crippen LogP contribution in [0.4, 0.5) is 13.2 Å². The minimum atomic E-state index is -2.85. The van der Waals surface area contributed by atoms with Crippen LogP contribution in [0.3, 0.4) is 0 Å². The van der Waals surface area contributed by atoms with Crippen LogP contribution < -0.4 is 5.32 Å². The summed E-state index contributed by atoms with van der Waals surface area (Å²) < 4.78 is 39.7. The zero-order chi connectivity index (χ0) is 18.7. The third kappa shape index (κ3) is 4.20. The zero-order valence-electron chi connectivity index (χ0n) is 13.6. The smallest absolute Gasteiger partial charge is 0.326 e. The van der Waals surface area contributed by atoms with E-state index >= 15 is 0 Å². The van der Waals surface area contributed by atoms with Crippen molar-refractivity contribution in [2.75, 3.05) is 0 Å². The van der Waals surface area contributed by atoms with Crippen LogP contribution >= 0.6 is 0 Å². The van der Waals surface area contributed by atoms with E-state index in [1.807, 2.05) is 0 Å². The number of hydrogen-bond donors (Lipinski definition) is 2. The highest BCUT2D eigenvalue weighted by atomic mass is 19.3. The number of carboxylic acids is 1. The van der Waals surface area contributed by atoms with E-state index in [-0.39, 0.29) is 5.56 Å². The maximum absolute atomic E-state index is 13.1. The Balaban J connectivity index is 2.31. The van der Waals surface area contributed by atoms with Crippen molar-refractivity contribution in [3.63, 3.8) is 0 Å². The molecule has 0 aliphatic heterocycles. The summed E-state index contributed by atoms with van der Waals surface area (Å²) in [5.41, 5.74) is 1.94. The van der Waals surface area contributed by atoms with E-state index in [2.05, 4.69) is 5.32 Å². The number of carbonyl (C=O) groups excluding carboxylic acids is 1. The van der Waals surface area contributed by atoms with Crippen LogP contribution in [0.2, 0.25) is 0 Å². The third-order valence-corrected chi connectivity index (χ3v) is 3.78. The topological polar surface area (TPSA) is 71.3 Å². The predicted molar refractivity (Wildman–Crippen MR) is 84.7 cm³/mol. The molecule has 134 valence electrons. The van der Waals surface area contributed by atoms with Crippen molar-refractivity contribution in [1.82, 2.24) is 9.88 Å². The lowest BCUT2D eigenvalue weighted by molar-refractivity contribution is -0.140. The molecule has 0 aliphatic rings. The quantitative estimate of drug-likeness (QED) is 0.837. The fourth-order valence-electron chi connectivity index (χ4n) is 2.62. The summed E-state index contributed by atoms with van der Waals surface area (Å²) in [6, 6.07) is 5.46. The Labute approximate surface area is 142 Å². The predicted octanol–water partition coefficient (Wildman–Crippen LogP) is 3.07. The highest BCUT2D eigenvalue weighted by Gasteiger charge is 2.26. The van der Waals surface area contributed by atoms with E-state index in [1.54, 1.807) is 18.4 Å². The summed E-state index contributed by atoms with van der Waals surface area (Å²) in [7, 11) is 0. The molecule has 1 unspecified atom stereocenters. The average molecular weight is 354 g/mol. The molecule has 1 aromatic carbocycles. The molecule has 0 aliphatic carbocycles. The molecule has 8 heteroatoms. The number of carbonyl (C=O) groups is 2. The van der Waals surface area contributed by atoms with E-state index in [9.17, 15) is 22.8 Å². The molecule has 2 N–H and O–H groups in total. The number of nitrogens with one attached hydrogen (secondary N) is 1. The SMILES string of the molecule is Cc1cc(C(=O)NC(CC(F)F)C(=O)O)c(C)n1-c1ccc(F)cc1. The lowest BCUT2D eigenvalue weighted by atomic mass is 10.1. The van der Waals surface area contributed by atoms with Crippen molar-refractivity contribution >= 4 is 11.9 Å². The molecule has 0 saturated carbocycles. The second kappa shape index (κ2) is 7.42. The fraction of sp³-hybridized carbons (Fsp3) is 0.294. The van der Waals surface area contributed by atoms with Gasteiger partial charge in [-0.2, -0.15) is 0 Å². The van der Waals surface area contributed by atoms with Crippen LogP contribution in [0, 0.1) is 19.7 Å². The van der Waals surface area contributed by atoms with Crippen molar-refractivity contribution in [3.8, 4) is 5.69 Å². The second-order valence-electron chi connectivity index (χ2n) is 5.59. The molecule has 0 saturated heterocycles. The van der Waals surface area contributed by atoms with Gasteiger partial charge in [-0.15, -0.1) is 0 Å². The van der Waals surface area contributed by atoms with Crippen LogP contribution in [0.25, 0.3) is 5.69 Å². The Bertz CT molecular complexity index is 785. The summed E-state index contributed by atoms with van der Waals surface area (Å²) in [5, 5.41) is 11.1. The molecule has 0 fully saturated rings. The van der Waals surface area contributed by atoms with Gasteiger partial charge in [0.05, 0.1) is 5.56 Å². The van der Waals surface area contributed by atoms with E-state index in [1.165, 1.54) is 30.3 Å². The Kier molecular flexibility index (Phi) is 5.51. The molecule has 1 atom stereocenters. The van der Waals surface area contributed by atoms with Crippen molar-refractivity contribution < 1.29 is 27.9 Å². The number of aliphatic carboxylic acids is 1. The van der Waals surface area contributed by atoms with Gasteiger partial charge in [0.15, 0.2) is 0 Å². The summed E-state index contributed by atoms with van der Waals surface area (Å²) in [6.45, 7) is 3.36. The fourth-order valence-corrected chi connectivity index (χ4v) is 2.62. The van der Waals surface area contributed by atoms with E-state index in [4.69, 9.17) is 5.11 Å². The Morgan fingerprint density at radius 3 is 2.32 bits per heavy atom. The van der Waals surface area contributed by atoms with Gasteiger partial charge in [0.25, 0.3) is 5.91 Å². The molecule has 1 amide bonds. The number of nitrogens with zero attached hydrogens (tertiary/aromatic N) is 1. The van der Waals surface area contributed by atoms with Gasteiger partial charge in [-0.25, -0.2) is 18.0 Å². The van der Waals surface area contributed by atoms with Crippen molar-refractivity contribution in [1.29, 1.82) is 0 Å². The number of hydrogen-bond acceptors (Lipinski definition) is 2. The molecule has 0 spiro atoms. The Hall–Kier alpha value is -2.77. The van der Waals surface area contributed by atoms with Crippen LogP contribution in [0.5, 0.6) is 0 Å². The molecule has 5 nitrogen and oxygen atoms in total. The summed E-state index contributed by atoms with van der Waals surface area (Å²) >= 11 is 0. The van der Waals surface area contributed by atoms with Gasteiger partial charge in [-0.1, -0.05) is 0 Å². The molecule has 0 bridgehead atoms. The average Bonchev–Trinajstić information content (AvgIpc) is 2.82. The molecule has 1 heterocycles. The minimum Gasteiger partial charge on any atom is -0.480 e. The third-order valence-electron chi connectivity index (χ3n) is 3.78. The van der Waals surface area contributed by atoms with E-state index in [0.717, 1.165) is 0 Å². The number of alkyl halides is 2. The largest absolute Gasteiger partial charge is 0.480 e. The number of benzene rings is 1. The first kappa shape index (κ1) is 18.6. The molecule has 1 aromatic heterocycles. The number of aromatic nitrogens is 1. The van der Waals surface area contributed by atoms with Crippen molar-refractivity contribution in [3.05, 3.63) is 53.1 Å². The van der Waals surface area contributed by atoms with Crippen LogP contribution in [0.1, 0.15) is 28.2 Å². The van der Waals surface area contributed by atoms with Gasteiger partial charge < -0.3 is 15.0 Å². The monoisotopic (exact) mass is 354 g/mol. The maximum Gasteiger partial charge on any atom is 0.326 e. The molecular formula is C17H17F3N2O3. The number of halogens is 3. The zero-order valence-corrected chi connectivity index (χ0v) is 13.6. The minimum absolute atomic E-state index is 0.169. The lowest BCUT2D eigenvalue weighted by Crippen LogP contribution is -2.42. The molecule has 2 aromatic rings. The van der Waals surface area contributed by atoms with Gasteiger partial charge in [0.2, 0.25) is 6.43 Å². The van der Waals surface area contributed by atoms with Gasteiger partial charge >= 0.3 is 5.97 Å². The Morgan fingerprint density at radius 1 is 1.20 bits per heavy atom. The first-order valence-electron chi connectivity index (χ1n) is 7.47. The molecule has 25 heavy (non-hydrogen) atoms. The molecule has 2 rings (SSSR count). The number of amides is 1. The highest BCUT2D eigenvalue weighted by molar-refractivity contribution is 5.98. The maximum atomic E-state index is 13.1. The summed E-state index contributed by atoms with van der Waals surface area (Å²) in [4.78, 5) is 23.3. The normalized spacial score (nSPS) is 12.2. The molecular weight excluding hydrogens is 337 g/mol. The highest BCUT2D eigenvalue weighted by Crippen LogP contribution is 2.21. The van der Waals surface area contributed by atoms with Crippen molar-refractivity contribution in [2.24, 2.45) is 0 Å². The van der Waals surface area contributed by atoms with Gasteiger partial charge in [0.1, 0.15) is 11.9 Å². The first-order chi connectivity index (χ1) is 11.7. The van der Waals surface area contributed by atoms with E-state index < -0.39 is 36.6 Å². The van der Waals surface area contributed by atoms with Gasteiger partial charge in [-0.05, 0) is 44.2 Å². The summed E-state index contributed by atoms with van der Waals surface area (Å²) in [5.74, 6) is -2.68. The van der Waals surface area contributed by atoms with Gasteiger partial charge in [-0.3, -0.25) is 4.79 Å². The number of rotatable bonds is 6. The lowest BCUT2D eigenvalue weighted by Gasteiger charge is -2.14. The van der Waals surface area contributed by atoms with Crippen LogP contribution in [-0.2, 0) is 4.79 Å². The molecule has 0 radical (unpaired) electrons. The van der Waals surface area contributed by atoms with Crippen LogP contribution in [0.15, 0.2) is 30.3 Å². The standard InChI is InChI=1S/C17H17F3N2O3/c1-9-7-13(16(23)21-14(17(24)25)8-15(19)20)10(2)22(9)12-5-3-11(18)4-6-12/h3-7,14-15H,8H2,1-2H3,(H,21,23)(H,24,25). The summed E-state index contributed by atoms with van der Waals surface area (Å²) in [6.07, 6.45) is -3.83.